The summed E-state index contributed by atoms with van der Waals surface area (Å²) in [7, 11) is 3.71. The predicted molar refractivity (Wildman–Crippen MR) is 88.3 cm³/mol. The molecule has 1 aromatic heterocycles. The highest BCUT2D eigenvalue weighted by molar-refractivity contribution is 5.74. The Morgan fingerprint density at radius 1 is 1.33 bits per heavy atom. The molecule has 0 spiro atoms. The van der Waals surface area contributed by atoms with Crippen molar-refractivity contribution in [3.63, 3.8) is 0 Å². The third kappa shape index (κ3) is 3.61. The maximum atomic E-state index is 4.34. The summed E-state index contributed by atoms with van der Waals surface area (Å²) in [5, 5.41) is 7.28. The van der Waals surface area contributed by atoms with Gasteiger partial charge in [-0.3, -0.25) is 9.67 Å². The van der Waals surface area contributed by atoms with E-state index in [-0.39, 0.29) is 0 Å². The zero-order chi connectivity index (χ0) is 15.2. The molecule has 21 heavy (non-hydrogen) atoms. The standard InChI is InChI=1S/C17H18N4/c1-5-10-19-16-11-14(7-6-13(16)2)8-9-15-12-17(18-3)20-21(15)4/h5-7,10-12H,1H2,2-4H3,(H,18,20). The third-order valence-electron chi connectivity index (χ3n) is 3.00. The Morgan fingerprint density at radius 2 is 2.14 bits per heavy atom. The SMILES string of the molecule is C=CC=Nc1cc(C#Cc2cc(NC)nn2C)ccc1C. The Bertz CT molecular complexity index is 742. The fourth-order valence-electron chi connectivity index (χ4n) is 1.80. The second-order valence-electron chi connectivity index (χ2n) is 4.55. The maximum absolute atomic E-state index is 4.34. The van der Waals surface area contributed by atoms with Gasteiger partial charge in [-0.15, -0.1) is 0 Å². The number of hydrogen-bond donors (Lipinski definition) is 1. The zero-order valence-electron chi connectivity index (χ0n) is 12.5. The van der Waals surface area contributed by atoms with Crippen LogP contribution in [-0.4, -0.2) is 23.0 Å². The van der Waals surface area contributed by atoms with Gasteiger partial charge in [-0.2, -0.15) is 5.10 Å². The summed E-state index contributed by atoms with van der Waals surface area (Å²) in [5.74, 6) is 7.08. The average molecular weight is 278 g/mol. The van der Waals surface area contributed by atoms with Crippen LogP contribution >= 0.6 is 0 Å². The molecule has 0 amide bonds. The molecule has 0 atom stereocenters. The van der Waals surface area contributed by atoms with Gasteiger partial charge in [0.1, 0.15) is 11.5 Å². The van der Waals surface area contributed by atoms with Crippen LogP contribution in [0, 0.1) is 18.8 Å². The van der Waals surface area contributed by atoms with Gasteiger partial charge >= 0.3 is 0 Å². The van der Waals surface area contributed by atoms with Crippen LogP contribution in [0.4, 0.5) is 11.5 Å². The molecule has 4 nitrogen and oxygen atoms in total. The van der Waals surface area contributed by atoms with E-state index in [2.05, 4.69) is 33.8 Å². The number of benzene rings is 1. The lowest BCUT2D eigenvalue weighted by atomic mass is 10.1. The number of nitrogens with one attached hydrogen (secondary N) is 1. The second-order valence-corrected chi connectivity index (χ2v) is 4.55. The number of rotatable bonds is 3. The van der Waals surface area contributed by atoms with Crippen molar-refractivity contribution in [2.45, 2.75) is 6.92 Å². The minimum atomic E-state index is 0.807. The highest BCUT2D eigenvalue weighted by atomic mass is 15.3. The molecule has 1 aromatic carbocycles. The topological polar surface area (TPSA) is 42.2 Å². The normalized spacial score (nSPS) is 10.2. The first-order chi connectivity index (χ1) is 10.1. The van der Waals surface area contributed by atoms with Crippen LogP contribution in [-0.2, 0) is 7.05 Å². The molecule has 0 aliphatic rings. The van der Waals surface area contributed by atoms with Crippen LogP contribution in [0.5, 0.6) is 0 Å². The van der Waals surface area contributed by atoms with Gasteiger partial charge in [-0.05, 0) is 30.5 Å². The predicted octanol–water partition coefficient (Wildman–Crippen LogP) is 3.06. The van der Waals surface area contributed by atoms with Crippen molar-refractivity contribution in [3.05, 3.63) is 53.7 Å². The zero-order valence-corrected chi connectivity index (χ0v) is 12.5. The summed E-state index contributed by atoms with van der Waals surface area (Å²) in [6.07, 6.45) is 3.34. The van der Waals surface area contributed by atoms with E-state index < -0.39 is 0 Å². The molecule has 0 saturated heterocycles. The summed E-state index contributed by atoms with van der Waals surface area (Å²) in [5.41, 5.74) is 3.79. The average Bonchev–Trinajstić information content (AvgIpc) is 2.85. The van der Waals surface area contributed by atoms with Gasteiger partial charge in [0.2, 0.25) is 0 Å². The minimum absolute atomic E-state index is 0.807. The molecule has 106 valence electrons. The highest BCUT2D eigenvalue weighted by Gasteiger charge is 2.00. The molecule has 0 saturated carbocycles. The summed E-state index contributed by atoms with van der Waals surface area (Å²) < 4.78 is 1.75. The van der Waals surface area contributed by atoms with E-state index in [9.17, 15) is 0 Å². The summed E-state index contributed by atoms with van der Waals surface area (Å²) >= 11 is 0. The van der Waals surface area contributed by atoms with Crippen molar-refractivity contribution in [1.29, 1.82) is 0 Å². The molecule has 0 fully saturated rings. The fraction of sp³-hybridized carbons (Fsp3) is 0.176. The lowest BCUT2D eigenvalue weighted by molar-refractivity contribution is 0.760. The number of aromatic nitrogens is 2. The van der Waals surface area contributed by atoms with Crippen LogP contribution in [0.2, 0.25) is 0 Å². The Hall–Kier alpha value is -2.80. The number of anilines is 1. The summed E-state index contributed by atoms with van der Waals surface area (Å²) in [6, 6.07) is 7.89. The Morgan fingerprint density at radius 3 is 2.81 bits per heavy atom. The molecule has 1 N–H and O–H groups in total. The first-order valence-electron chi connectivity index (χ1n) is 6.63. The molecule has 0 aliphatic carbocycles. The number of aryl methyl sites for hydroxylation is 2. The van der Waals surface area contributed by atoms with E-state index in [1.165, 1.54) is 0 Å². The van der Waals surface area contributed by atoms with Gasteiger partial charge in [0.25, 0.3) is 0 Å². The van der Waals surface area contributed by atoms with E-state index in [0.29, 0.717) is 0 Å². The molecule has 0 bridgehead atoms. The molecule has 0 radical (unpaired) electrons. The summed E-state index contributed by atoms with van der Waals surface area (Å²) in [4.78, 5) is 4.34. The Balaban J connectivity index is 2.31. The fourth-order valence-corrected chi connectivity index (χ4v) is 1.80. The summed E-state index contributed by atoms with van der Waals surface area (Å²) in [6.45, 7) is 5.65. The number of allylic oxidation sites excluding steroid dienone is 1. The van der Waals surface area contributed by atoms with E-state index >= 15 is 0 Å². The van der Waals surface area contributed by atoms with Crippen molar-refractivity contribution < 1.29 is 0 Å². The van der Waals surface area contributed by atoms with Crippen LogP contribution in [0.1, 0.15) is 16.8 Å². The van der Waals surface area contributed by atoms with Gasteiger partial charge in [0.15, 0.2) is 0 Å². The van der Waals surface area contributed by atoms with Gasteiger partial charge in [-0.1, -0.05) is 24.6 Å². The van der Waals surface area contributed by atoms with Gasteiger partial charge < -0.3 is 5.32 Å². The van der Waals surface area contributed by atoms with Gasteiger partial charge in [0.05, 0.1) is 5.69 Å². The smallest absolute Gasteiger partial charge is 0.149 e. The molecular formula is C17H18N4. The third-order valence-corrected chi connectivity index (χ3v) is 3.00. The van der Waals surface area contributed by atoms with Gasteiger partial charge in [-0.25, -0.2) is 0 Å². The van der Waals surface area contributed by atoms with Crippen LogP contribution in [0.15, 0.2) is 41.9 Å². The molecule has 1 heterocycles. The van der Waals surface area contributed by atoms with Crippen molar-refractivity contribution in [2.24, 2.45) is 12.0 Å². The number of hydrogen-bond acceptors (Lipinski definition) is 3. The van der Waals surface area contributed by atoms with Crippen LogP contribution < -0.4 is 5.32 Å². The van der Waals surface area contributed by atoms with Crippen LogP contribution in [0.3, 0.4) is 0 Å². The van der Waals surface area contributed by atoms with Crippen molar-refractivity contribution >= 4 is 17.7 Å². The lowest BCUT2D eigenvalue weighted by Crippen LogP contribution is -1.95. The largest absolute Gasteiger partial charge is 0.372 e. The molecule has 4 heteroatoms. The van der Waals surface area contributed by atoms with Gasteiger partial charge in [0, 0.05) is 31.9 Å². The first-order valence-corrected chi connectivity index (χ1v) is 6.63. The van der Waals surface area contributed by atoms with Crippen molar-refractivity contribution in [1.82, 2.24) is 9.78 Å². The first kappa shape index (κ1) is 14.6. The van der Waals surface area contributed by atoms with E-state index in [4.69, 9.17) is 0 Å². The maximum Gasteiger partial charge on any atom is 0.149 e. The minimum Gasteiger partial charge on any atom is -0.372 e. The molecular weight excluding hydrogens is 260 g/mol. The highest BCUT2D eigenvalue weighted by Crippen LogP contribution is 2.19. The quantitative estimate of drug-likeness (QED) is 0.692. The van der Waals surface area contributed by atoms with Crippen molar-refractivity contribution in [3.8, 4) is 11.8 Å². The second kappa shape index (κ2) is 6.58. The Labute approximate surface area is 125 Å². The monoisotopic (exact) mass is 278 g/mol. The number of aliphatic imine (C=N–C) groups is 1. The number of nitrogens with zero attached hydrogens (tertiary/aromatic N) is 3. The molecule has 2 aromatic rings. The Kier molecular flexibility index (Phi) is 4.57. The molecule has 0 aliphatic heterocycles. The molecule has 2 rings (SSSR count). The van der Waals surface area contributed by atoms with Crippen LogP contribution in [0.25, 0.3) is 0 Å². The van der Waals surface area contributed by atoms with E-state index in [0.717, 1.165) is 28.3 Å². The van der Waals surface area contributed by atoms with Crippen molar-refractivity contribution in [2.75, 3.05) is 12.4 Å². The molecule has 0 unspecified atom stereocenters. The van der Waals surface area contributed by atoms with E-state index in [1.807, 2.05) is 45.3 Å². The lowest BCUT2D eigenvalue weighted by Gasteiger charge is -1.99. The van der Waals surface area contributed by atoms with E-state index in [1.54, 1.807) is 17.0 Å².